The normalized spacial score (nSPS) is 10.3. The van der Waals surface area contributed by atoms with Crippen molar-refractivity contribution in [1.82, 2.24) is 0 Å². The SMILES string of the molecule is [C]#Cc1cccc(SCc2ccccc2)c1SCc1ccccc1. The van der Waals surface area contributed by atoms with Gasteiger partial charge in [-0.05, 0) is 29.7 Å². The molecule has 0 saturated heterocycles. The molecule has 3 rings (SSSR count). The molecule has 0 N–H and O–H groups in total. The lowest BCUT2D eigenvalue weighted by molar-refractivity contribution is 1.21. The van der Waals surface area contributed by atoms with Gasteiger partial charge in [-0.2, -0.15) is 0 Å². The summed E-state index contributed by atoms with van der Waals surface area (Å²) in [7, 11) is 0. The van der Waals surface area contributed by atoms with E-state index >= 15 is 0 Å². The minimum absolute atomic E-state index is 0.869. The number of hydrogen-bond acceptors (Lipinski definition) is 2. The summed E-state index contributed by atoms with van der Waals surface area (Å²) in [4.78, 5) is 2.37. The Balaban J connectivity index is 1.77. The first-order valence-electron chi connectivity index (χ1n) is 7.76. The summed E-state index contributed by atoms with van der Waals surface area (Å²) >= 11 is 3.60. The van der Waals surface area contributed by atoms with Crippen molar-refractivity contribution in [2.75, 3.05) is 0 Å². The van der Waals surface area contributed by atoms with Crippen LogP contribution in [0.15, 0.2) is 88.7 Å². The highest BCUT2D eigenvalue weighted by Crippen LogP contribution is 2.36. The molecule has 0 unspecified atom stereocenters. The van der Waals surface area contributed by atoms with Crippen LogP contribution < -0.4 is 0 Å². The molecule has 0 aromatic heterocycles. The van der Waals surface area contributed by atoms with Gasteiger partial charge in [0.2, 0.25) is 0 Å². The number of rotatable bonds is 6. The van der Waals surface area contributed by atoms with E-state index in [9.17, 15) is 0 Å². The molecule has 3 aromatic rings. The molecule has 2 heteroatoms. The second kappa shape index (κ2) is 8.68. The van der Waals surface area contributed by atoms with Crippen LogP contribution in [0.2, 0.25) is 0 Å². The fourth-order valence-electron chi connectivity index (χ4n) is 2.34. The van der Waals surface area contributed by atoms with Crippen molar-refractivity contribution in [3.63, 3.8) is 0 Å². The molecule has 0 saturated carbocycles. The van der Waals surface area contributed by atoms with Gasteiger partial charge in [0.05, 0.1) is 0 Å². The number of thioether (sulfide) groups is 2. The van der Waals surface area contributed by atoms with Crippen molar-refractivity contribution in [3.8, 4) is 5.92 Å². The highest BCUT2D eigenvalue weighted by molar-refractivity contribution is 8.01. The highest BCUT2D eigenvalue weighted by atomic mass is 32.2. The Morgan fingerprint density at radius 2 is 1.25 bits per heavy atom. The molecular weight excluding hydrogens is 328 g/mol. The lowest BCUT2D eigenvalue weighted by atomic mass is 10.2. The molecule has 0 spiro atoms. The maximum absolute atomic E-state index is 7.59. The minimum Gasteiger partial charge on any atom is -0.120 e. The Morgan fingerprint density at radius 3 is 1.83 bits per heavy atom. The van der Waals surface area contributed by atoms with Gasteiger partial charge in [-0.15, -0.1) is 23.5 Å². The first kappa shape index (κ1) is 16.8. The van der Waals surface area contributed by atoms with Crippen LogP contribution in [-0.4, -0.2) is 0 Å². The monoisotopic (exact) mass is 345 g/mol. The zero-order chi connectivity index (χ0) is 16.6. The molecule has 1 radical (unpaired) electrons. The Labute approximate surface area is 152 Å². The predicted octanol–water partition coefficient (Wildman–Crippen LogP) is 6.21. The molecule has 0 nitrogen and oxygen atoms in total. The average Bonchev–Trinajstić information content (AvgIpc) is 2.66. The smallest absolute Gasteiger partial charge is 0.0403 e. The Hall–Kier alpha value is -2.08. The highest BCUT2D eigenvalue weighted by Gasteiger charge is 2.09. The first-order valence-corrected chi connectivity index (χ1v) is 9.73. The summed E-state index contributed by atoms with van der Waals surface area (Å²) in [5.41, 5.74) is 3.47. The van der Waals surface area contributed by atoms with Gasteiger partial charge in [-0.1, -0.05) is 72.7 Å². The van der Waals surface area contributed by atoms with E-state index in [-0.39, 0.29) is 0 Å². The maximum atomic E-state index is 7.59. The molecule has 0 heterocycles. The predicted molar refractivity (Wildman–Crippen MR) is 105 cm³/mol. The maximum Gasteiger partial charge on any atom is 0.0403 e. The van der Waals surface area contributed by atoms with E-state index in [1.165, 1.54) is 16.0 Å². The Kier molecular flexibility index (Phi) is 6.07. The van der Waals surface area contributed by atoms with Gasteiger partial charge in [0.15, 0.2) is 0 Å². The number of benzene rings is 3. The molecule has 0 bridgehead atoms. The molecule has 3 aromatic carbocycles. The third kappa shape index (κ3) is 4.47. The van der Waals surface area contributed by atoms with Crippen molar-refractivity contribution in [1.29, 1.82) is 0 Å². The van der Waals surface area contributed by atoms with Crippen molar-refractivity contribution in [2.24, 2.45) is 0 Å². The van der Waals surface area contributed by atoms with Crippen LogP contribution in [0.1, 0.15) is 16.7 Å². The largest absolute Gasteiger partial charge is 0.120 e. The summed E-state index contributed by atoms with van der Waals surface area (Å²) in [6, 6.07) is 27.0. The summed E-state index contributed by atoms with van der Waals surface area (Å²) in [5.74, 6) is 4.42. The molecule has 0 aliphatic rings. The summed E-state index contributed by atoms with van der Waals surface area (Å²) in [6.07, 6.45) is 7.59. The van der Waals surface area contributed by atoms with Gasteiger partial charge in [0.25, 0.3) is 0 Å². The first-order chi connectivity index (χ1) is 11.9. The van der Waals surface area contributed by atoms with Crippen LogP contribution in [-0.2, 0) is 11.5 Å². The second-order valence-corrected chi connectivity index (χ2v) is 7.31. The quantitative estimate of drug-likeness (QED) is 0.385. The molecule has 0 amide bonds. The van der Waals surface area contributed by atoms with Crippen molar-refractivity contribution >= 4 is 23.5 Å². The van der Waals surface area contributed by atoms with Crippen LogP contribution in [0.25, 0.3) is 0 Å². The van der Waals surface area contributed by atoms with Crippen LogP contribution in [0.3, 0.4) is 0 Å². The van der Waals surface area contributed by atoms with E-state index in [0.29, 0.717) is 0 Å². The van der Waals surface area contributed by atoms with Crippen LogP contribution in [0.4, 0.5) is 0 Å². The van der Waals surface area contributed by atoms with E-state index in [1.807, 2.05) is 36.0 Å². The van der Waals surface area contributed by atoms with Gasteiger partial charge in [0.1, 0.15) is 0 Å². The van der Waals surface area contributed by atoms with Gasteiger partial charge >= 0.3 is 0 Å². The summed E-state index contributed by atoms with van der Waals surface area (Å²) < 4.78 is 0. The molecule has 0 aliphatic heterocycles. The summed E-state index contributed by atoms with van der Waals surface area (Å²) in [6.45, 7) is 0. The standard InChI is InChI=1S/C22H17S2/c1-2-20-14-9-15-21(23-16-18-10-5-3-6-11-18)22(20)24-17-19-12-7-4-8-13-19/h3-15H,16-17H2. The summed E-state index contributed by atoms with van der Waals surface area (Å²) in [5, 5.41) is 0. The molecule has 0 atom stereocenters. The Morgan fingerprint density at radius 1 is 0.667 bits per heavy atom. The van der Waals surface area contributed by atoms with Crippen LogP contribution in [0.5, 0.6) is 0 Å². The van der Waals surface area contributed by atoms with Crippen molar-refractivity contribution in [3.05, 3.63) is 102 Å². The van der Waals surface area contributed by atoms with Crippen LogP contribution >= 0.6 is 23.5 Å². The van der Waals surface area contributed by atoms with E-state index in [0.717, 1.165) is 22.0 Å². The second-order valence-electron chi connectivity index (χ2n) is 5.31. The molecule has 0 aliphatic carbocycles. The lowest BCUT2D eigenvalue weighted by Crippen LogP contribution is -1.88. The topological polar surface area (TPSA) is 0 Å². The molecule has 117 valence electrons. The molecule has 24 heavy (non-hydrogen) atoms. The fraction of sp³-hybridized carbons (Fsp3) is 0.0909. The van der Waals surface area contributed by atoms with E-state index in [4.69, 9.17) is 6.42 Å². The third-order valence-electron chi connectivity index (χ3n) is 3.58. The van der Waals surface area contributed by atoms with E-state index in [1.54, 1.807) is 11.8 Å². The van der Waals surface area contributed by atoms with Crippen molar-refractivity contribution in [2.45, 2.75) is 21.3 Å². The zero-order valence-electron chi connectivity index (χ0n) is 13.2. The average molecular weight is 346 g/mol. The molecule has 0 fully saturated rings. The zero-order valence-corrected chi connectivity index (χ0v) is 14.9. The van der Waals surface area contributed by atoms with E-state index < -0.39 is 0 Å². The minimum atomic E-state index is 0.869. The van der Waals surface area contributed by atoms with Gasteiger partial charge < -0.3 is 0 Å². The fourth-order valence-corrected chi connectivity index (χ4v) is 4.61. The third-order valence-corrected chi connectivity index (χ3v) is 6.04. The Bertz CT molecular complexity index is 818. The number of hydrogen-bond donors (Lipinski definition) is 0. The molecular formula is C22H17S2. The van der Waals surface area contributed by atoms with E-state index in [2.05, 4.69) is 60.5 Å². The van der Waals surface area contributed by atoms with Crippen molar-refractivity contribution < 1.29 is 0 Å². The van der Waals surface area contributed by atoms with Crippen LogP contribution in [0, 0.1) is 12.3 Å². The lowest BCUT2D eigenvalue weighted by Gasteiger charge is -2.11. The van der Waals surface area contributed by atoms with Gasteiger partial charge in [-0.25, -0.2) is 0 Å². The van der Waals surface area contributed by atoms with Gasteiger partial charge in [0, 0.05) is 26.9 Å². The van der Waals surface area contributed by atoms with Gasteiger partial charge in [-0.3, -0.25) is 0 Å².